The van der Waals surface area contributed by atoms with Gasteiger partial charge in [-0.2, -0.15) is 5.10 Å². The number of hydrogen-bond acceptors (Lipinski definition) is 2. The van der Waals surface area contributed by atoms with Crippen LogP contribution in [0.3, 0.4) is 0 Å². The van der Waals surface area contributed by atoms with E-state index in [1.54, 1.807) is 0 Å². The number of aliphatic carboxylic acids is 1. The molecule has 0 radical (unpaired) electrons. The summed E-state index contributed by atoms with van der Waals surface area (Å²) in [4.78, 5) is 10.6. The largest absolute Gasteiger partial charge is 0.480 e. The predicted molar refractivity (Wildman–Crippen MR) is 49.3 cm³/mol. The van der Waals surface area contributed by atoms with Crippen LogP contribution >= 0.6 is 11.6 Å². The van der Waals surface area contributed by atoms with Crippen molar-refractivity contribution in [3.05, 3.63) is 16.4 Å². The summed E-state index contributed by atoms with van der Waals surface area (Å²) in [6.07, 6.45) is -2.85. The fourth-order valence-electron chi connectivity index (χ4n) is 1.14. The number of nitrogens with zero attached hydrogens (tertiary/aromatic N) is 2. The van der Waals surface area contributed by atoms with Crippen molar-refractivity contribution < 1.29 is 18.7 Å². The first kappa shape index (κ1) is 11.9. The Bertz CT molecular complexity index is 392. The van der Waals surface area contributed by atoms with Gasteiger partial charge in [0, 0.05) is 0 Å². The van der Waals surface area contributed by atoms with Gasteiger partial charge in [-0.05, 0) is 13.8 Å². The van der Waals surface area contributed by atoms with Gasteiger partial charge in [-0.3, -0.25) is 0 Å². The van der Waals surface area contributed by atoms with Gasteiger partial charge in [-0.1, -0.05) is 11.6 Å². The van der Waals surface area contributed by atoms with Gasteiger partial charge in [0.25, 0.3) is 6.43 Å². The second-order valence-corrected chi connectivity index (χ2v) is 3.42. The standard InChI is InChI=1S/C8H9ClF2N2O2/c1-3-5(9)6(7(10)11)13(12-3)4(2)8(14)15/h4,7H,1-2H3,(H,14,15)/t4-/m0/s1. The fraction of sp³-hybridized carbons (Fsp3) is 0.500. The number of carboxylic acids is 1. The number of aromatic nitrogens is 2. The first-order valence-electron chi connectivity index (χ1n) is 4.11. The number of halogens is 3. The summed E-state index contributed by atoms with van der Waals surface area (Å²) < 4.78 is 25.9. The monoisotopic (exact) mass is 238 g/mol. The first-order valence-corrected chi connectivity index (χ1v) is 4.49. The van der Waals surface area contributed by atoms with Gasteiger partial charge in [0.2, 0.25) is 0 Å². The summed E-state index contributed by atoms with van der Waals surface area (Å²) in [6.45, 7) is 2.70. The molecule has 0 saturated carbocycles. The van der Waals surface area contributed by atoms with Crippen LogP contribution in [0, 0.1) is 6.92 Å². The van der Waals surface area contributed by atoms with Gasteiger partial charge in [0.05, 0.1) is 10.7 Å². The molecule has 1 heterocycles. The van der Waals surface area contributed by atoms with E-state index in [0.717, 1.165) is 4.68 Å². The van der Waals surface area contributed by atoms with Gasteiger partial charge in [0.15, 0.2) is 0 Å². The zero-order valence-corrected chi connectivity index (χ0v) is 8.79. The predicted octanol–water partition coefficient (Wildman–Crippen LogP) is 2.43. The lowest BCUT2D eigenvalue weighted by Gasteiger charge is -2.10. The van der Waals surface area contributed by atoms with E-state index in [-0.39, 0.29) is 10.7 Å². The summed E-state index contributed by atoms with van der Waals surface area (Å²) in [6, 6.07) is -1.17. The van der Waals surface area contributed by atoms with Crippen molar-refractivity contribution >= 4 is 17.6 Å². The van der Waals surface area contributed by atoms with Crippen molar-refractivity contribution in [3.63, 3.8) is 0 Å². The highest BCUT2D eigenvalue weighted by molar-refractivity contribution is 6.31. The van der Waals surface area contributed by atoms with Gasteiger partial charge in [0.1, 0.15) is 11.7 Å². The van der Waals surface area contributed by atoms with Crippen molar-refractivity contribution in [3.8, 4) is 0 Å². The van der Waals surface area contributed by atoms with Crippen LogP contribution in [0.1, 0.15) is 30.8 Å². The minimum atomic E-state index is -2.85. The van der Waals surface area contributed by atoms with Crippen molar-refractivity contribution in [1.82, 2.24) is 9.78 Å². The van der Waals surface area contributed by atoms with Crippen LogP contribution in [0.5, 0.6) is 0 Å². The average molecular weight is 239 g/mol. The number of carboxylic acid groups (broad SMARTS) is 1. The molecule has 1 rings (SSSR count). The molecule has 1 atom stereocenters. The fourth-order valence-corrected chi connectivity index (χ4v) is 1.35. The SMILES string of the molecule is Cc1nn([C@@H](C)C(=O)O)c(C(F)F)c1Cl. The Kier molecular flexibility index (Phi) is 3.28. The minimum absolute atomic E-state index is 0.182. The molecular weight excluding hydrogens is 230 g/mol. The summed E-state index contributed by atoms with van der Waals surface area (Å²) in [5, 5.41) is 12.2. The maximum absolute atomic E-state index is 12.6. The maximum atomic E-state index is 12.6. The Morgan fingerprint density at radius 3 is 2.53 bits per heavy atom. The molecule has 0 bridgehead atoms. The lowest BCUT2D eigenvalue weighted by molar-refractivity contribution is -0.140. The molecule has 4 nitrogen and oxygen atoms in total. The Balaban J connectivity index is 3.29. The van der Waals surface area contributed by atoms with Gasteiger partial charge in [-0.15, -0.1) is 0 Å². The molecule has 1 N–H and O–H groups in total. The highest BCUT2D eigenvalue weighted by Gasteiger charge is 2.27. The third-order valence-corrected chi connectivity index (χ3v) is 2.45. The highest BCUT2D eigenvalue weighted by atomic mass is 35.5. The number of alkyl halides is 2. The highest BCUT2D eigenvalue weighted by Crippen LogP contribution is 2.31. The van der Waals surface area contributed by atoms with Crippen molar-refractivity contribution in [1.29, 1.82) is 0 Å². The maximum Gasteiger partial charge on any atom is 0.328 e. The number of carbonyl (C=O) groups is 1. The van der Waals surface area contributed by atoms with Crippen LogP contribution in [0.2, 0.25) is 5.02 Å². The van der Waals surface area contributed by atoms with Gasteiger partial charge < -0.3 is 5.11 Å². The molecule has 0 aliphatic heterocycles. The van der Waals surface area contributed by atoms with E-state index in [1.807, 2.05) is 0 Å². The van der Waals surface area contributed by atoms with E-state index in [2.05, 4.69) is 5.10 Å². The van der Waals surface area contributed by atoms with Crippen LogP contribution in [0.4, 0.5) is 8.78 Å². The molecule has 0 saturated heterocycles. The van der Waals surface area contributed by atoms with E-state index < -0.39 is 24.1 Å². The molecule has 0 aliphatic carbocycles. The zero-order valence-electron chi connectivity index (χ0n) is 8.04. The summed E-state index contributed by atoms with van der Waals surface area (Å²) in [7, 11) is 0. The summed E-state index contributed by atoms with van der Waals surface area (Å²) in [5.41, 5.74) is -0.357. The van der Waals surface area contributed by atoms with Crippen LogP contribution in [0.25, 0.3) is 0 Å². The summed E-state index contributed by atoms with van der Waals surface area (Å²) >= 11 is 5.60. The van der Waals surface area contributed by atoms with Crippen LogP contribution < -0.4 is 0 Å². The van der Waals surface area contributed by atoms with E-state index in [1.165, 1.54) is 13.8 Å². The second-order valence-electron chi connectivity index (χ2n) is 3.04. The van der Waals surface area contributed by atoms with E-state index >= 15 is 0 Å². The molecule has 0 fully saturated rings. The normalized spacial score (nSPS) is 13.2. The number of aryl methyl sites for hydroxylation is 1. The van der Waals surface area contributed by atoms with Crippen LogP contribution in [-0.4, -0.2) is 20.9 Å². The first-order chi connectivity index (χ1) is 6.86. The smallest absolute Gasteiger partial charge is 0.328 e. The Hall–Kier alpha value is -1.17. The Morgan fingerprint density at radius 2 is 2.13 bits per heavy atom. The quantitative estimate of drug-likeness (QED) is 0.880. The van der Waals surface area contributed by atoms with E-state index in [4.69, 9.17) is 16.7 Å². The lowest BCUT2D eigenvalue weighted by atomic mass is 10.3. The molecule has 7 heteroatoms. The Morgan fingerprint density at radius 1 is 1.60 bits per heavy atom. The van der Waals surface area contributed by atoms with Crippen LogP contribution in [0.15, 0.2) is 0 Å². The van der Waals surface area contributed by atoms with Crippen molar-refractivity contribution in [2.45, 2.75) is 26.3 Å². The molecular formula is C8H9ClF2N2O2. The lowest BCUT2D eigenvalue weighted by Crippen LogP contribution is -2.19. The van der Waals surface area contributed by atoms with Gasteiger partial charge >= 0.3 is 5.97 Å². The molecule has 0 unspecified atom stereocenters. The molecule has 0 amide bonds. The van der Waals surface area contributed by atoms with Crippen LogP contribution in [-0.2, 0) is 4.79 Å². The molecule has 1 aromatic rings. The Labute approximate surface area is 89.5 Å². The molecule has 0 aromatic carbocycles. The third kappa shape index (κ3) is 2.09. The van der Waals surface area contributed by atoms with Crippen molar-refractivity contribution in [2.75, 3.05) is 0 Å². The van der Waals surface area contributed by atoms with E-state index in [0.29, 0.717) is 0 Å². The van der Waals surface area contributed by atoms with Gasteiger partial charge in [-0.25, -0.2) is 18.3 Å². The number of hydrogen-bond donors (Lipinski definition) is 1. The summed E-state index contributed by atoms with van der Waals surface area (Å²) in [5.74, 6) is -1.24. The average Bonchev–Trinajstić information content (AvgIpc) is 2.41. The molecule has 0 spiro atoms. The number of rotatable bonds is 3. The molecule has 84 valence electrons. The molecule has 15 heavy (non-hydrogen) atoms. The van der Waals surface area contributed by atoms with Crippen molar-refractivity contribution in [2.24, 2.45) is 0 Å². The molecule has 1 aromatic heterocycles. The minimum Gasteiger partial charge on any atom is -0.480 e. The second kappa shape index (κ2) is 4.14. The van der Waals surface area contributed by atoms with E-state index in [9.17, 15) is 13.6 Å². The topological polar surface area (TPSA) is 55.1 Å². The molecule has 0 aliphatic rings. The third-order valence-electron chi connectivity index (χ3n) is 1.98. The zero-order chi connectivity index (χ0) is 11.7.